The molecule has 0 unspecified atom stereocenters. The molecule has 3 rings (SSSR count). The summed E-state index contributed by atoms with van der Waals surface area (Å²) in [5.41, 5.74) is 0.877. The van der Waals surface area contributed by atoms with Crippen LogP contribution in [0.5, 0.6) is 17.2 Å². The van der Waals surface area contributed by atoms with Crippen LogP contribution in [0.25, 0.3) is 0 Å². The monoisotopic (exact) mass is 472 g/mol. The summed E-state index contributed by atoms with van der Waals surface area (Å²) in [7, 11) is 1.32. The molecule has 0 aromatic heterocycles. The van der Waals surface area contributed by atoms with Crippen LogP contribution in [0.1, 0.15) is 17.2 Å². The molecule has 2 N–H and O–H groups in total. The maximum atomic E-state index is 14.1. The summed E-state index contributed by atoms with van der Waals surface area (Å²) in [6, 6.07) is 7.08. The zero-order valence-electron chi connectivity index (χ0n) is 15.9. The van der Waals surface area contributed by atoms with Crippen molar-refractivity contribution in [2.75, 3.05) is 33.3 Å². The number of methoxy groups -OCH3 is 1. The van der Waals surface area contributed by atoms with E-state index >= 15 is 0 Å². The highest BCUT2D eigenvalue weighted by Gasteiger charge is 2.32. The number of phenols is 1. The molecule has 0 radical (unpaired) electrons. The number of rotatable bonds is 5. The normalized spacial score (nSPS) is 15.5. The minimum Gasteiger partial charge on any atom is -0.504 e. The third-order valence-electron chi connectivity index (χ3n) is 4.53. The largest absolute Gasteiger partial charge is 0.573 e. The summed E-state index contributed by atoms with van der Waals surface area (Å²) < 4.78 is 60.3. The van der Waals surface area contributed by atoms with Gasteiger partial charge in [-0.3, -0.25) is 4.90 Å². The van der Waals surface area contributed by atoms with Gasteiger partial charge in [0, 0.05) is 37.8 Å². The summed E-state index contributed by atoms with van der Waals surface area (Å²) in [5, 5.41) is 13.8. The second kappa shape index (κ2) is 10.9. The molecule has 30 heavy (non-hydrogen) atoms. The average molecular weight is 473 g/mol. The molecule has 0 aliphatic carbocycles. The van der Waals surface area contributed by atoms with Gasteiger partial charge in [-0.25, -0.2) is 4.39 Å². The number of aromatic hydroxyl groups is 1. The highest BCUT2D eigenvalue weighted by Crippen LogP contribution is 2.40. The minimum absolute atomic E-state index is 0. The maximum absolute atomic E-state index is 14.1. The molecule has 1 atom stereocenters. The predicted octanol–water partition coefficient (Wildman–Crippen LogP) is 4.28. The first kappa shape index (κ1) is 26.1. The Bertz CT molecular complexity index is 817. The first-order valence-corrected chi connectivity index (χ1v) is 8.65. The van der Waals surface area contributed by atoms with Crippen LogP contribution in [0, 0.1) is 5.82 Å². The average Bonchev–Trinajstić information content (AvgIpc) is 2.65. The minimum atomic E-state index is -4.78. The summed E-state index contributed by atoms with van der Waals surface area (Å²) in [4.78, 5) is 2.02. The summed E-state index contributed by atoms with van der Waals surface area (Å²) in [6.45, 7) is 2.62. The lowest BCUT2D eigenvalue weighted by molar-refractivity contribution is -0.274. The summed E-state index contributed by atoms with van der Waals surface area (Å²) in [6.07, 6.45) is -4.78. The van der Waals surface area contributed by atoms with Crippen molar-refractivity contribution in [1.82, 2.24) is 10.2 Å². The molecule has 1 fully saturated rings. The van der Waals surface area contributed by atoms with Gasteiger partial charge >= 0.3 is 6.36 Å². The maximum Gasteiger partial charge on any atom is 0.573 e. The van der Waals surface area contributed by atoms with Crippen LogP contribution in [-0.4, -0.2) is 49.7 Å². The van der Waals surface area contributed by atoms with Crippen LogP contribution in [0.15, 0.2) is 36.4 Å². The third kappa shape index (κ3) is 6.28. The lowest BCUT2D eigenvalue weighted by atomic mass is 9.95. The van der Waals surface area contributed by atoms with Crippen molar-refractivity contribution >= 4 is 24.8 Å². The van der Waals surface area contributed by atoms with Crippen LogP contribution < -0.4 is 14.8 Å². The molecule has 0 bridgehead atoms. The number of benzene rings is 2. The Hall–Kier alpha value is -1.94. The summed E-state index contributed by atoms with van der Waals surface area (Å²) in [5.74, 6) is -1.15. The second-order valence-electron chi connectivity index (χ2n) is 6.35. The second-order valence-corrected chi connectivity index (χ2v) is 6.35. The zero-order chi connectivity index (χ0) is 20.3. The van der Waals surface area contributed by atoms with Gasteiger partial charge in [0.05, 0.1) is 13.2 Å². The van der Waals surface area contributed by atoms with Crippen molar-refractivity contribution in [3.05, 3.63) is 53.3 Å². The lowest BCUT2D eigenvalue weighted by Crippen LogP contribution is -2.45. The number of phenolic OH excluding ortho intramolecular Hbond substituents is 1. The van der Waals surface area contributed by atoms with E-state index in [1.165, 1.54) is 37.4 Å². The molecule has 1 heterocycles. The zero-order valence-corrected chi connectivity index (χ0v) is 17.5. The molecule has 5 nitrogen and oxygen atoms in total. The van der Waals surface area contributed by atoms with Gasteiger partial charge < -0.3 is 19.9 Å². The third-order valence-corrected chi connectivity index (χ3v) is 4.53. The van der Waals surface area contributed by atoms with Gasteiger partial charge in [-0.1, -0.05) is 12.1 Å². The Morgan fingerprint density at radius 3 is 2.20 bits per heavy atom. The fourth-order valence-electron chi connectivity index (χ4n) is 3.34. The van der Waals surface area contributed by atoms with Crippen LogP contribution >= 0.6 is 24.8 Å². The van der Waals surface area contributed by atoms with Crippen LogP contribution in [-0.2, 0) is 0 Å². The van der Waals surface area contributed by atoms with Gasteiger partial charge in [0.2, 0.25) is 0 Å². The standard InChI is InChI=1S/C19H20F4N2O3.2ClH/c1-27-16-11-13(20)10-15(18(16)26)17(25-8-6-24-7-9-25)12-2-4-14(5-3-12)28-19(21,22)23;;/h2-5,10-11,17,24,26H,6-9H2,1H3;2*1H/t17-;;/m0../s1. The molecule has 2 aromatic carbocycles. The van der Waals surface area contributed by atoms with E-state index in [0.29, 0.717) is 31.7 Å². The fraction of sp³-hybridized carbons (Fsp3) is 0.368. The van der Waals surface area contributed by atoms with Crippen molar-refractivity contribution in [1.29, 1.82) is 0 Å². The van der Waals surface area contributed by atoms with E-state index in [1.807, 2.05) is 4.90 Å². The number of hydrogen-bond donors (Lipinski definition) is 2. The fourth-order valence-corrected chi connectivity index (χ4v) is 3.34. The van der Waals surface area contributed by atoms with E-state index in [0.717, 1.165) is 6.07 Å². The van der Waals surface area contributed by atoms with E-state index < -0.39 is 18.2 Å². The molecule has 168 valence electrons. The Kier molecular flexibility index (Phi) is 9.48. The molecule has 0 spiro atoms. The molecular weight excluding hydrogens is 451 g/mol. The first-order valence-electron chi connectivity index (χ1n) is 8.65. The Morgan fingerprint density at radius 2 is 1.67 bits per heavy atom. The predicted molar refractivity (Wildman–Crippen MR) is 109 cm³/mol. The topological polar surface area (TPSA) is 54.0 Å². The van der Waals surface area contributed by atoms with Gasteiger partial charge in [0.25, 0.3) is 0 Å². The number of nitrogens with zero attached hydrogens (tertiary/aromatic N) is 1. The molecule has 1 aliphatic heterocycles. The Labute approximate surface area is 183 Å². The number of nitrogens with one attached hydrogen (secondary N) is 1. The Morgan fingerprint density at radius 1 is 1.07 bits per heavy atom. The number of alkyl halides is 3. The van der Waals surface area contributed by atoms with Gasteiger partial charge in [-0.2, -0.15) is 0 Å². The van der Waals surface area contributed by atoms with Crippen LogP contribution in [0.4, 0.5) is 17.6 Å². The molecule has 11 heteroatoms. The van der Waals surface area contributed by atoms with Gasteiger partial charge in [-0.05, 0) is 23.8 Å². The van der Waals surface area contributed by atoms with Gasteiger partial charge in [-0.15, -0.1) is 38.0 Å². The highest BCUT2D eigenvalue weighted by molar-refractivity contribution is 5.85. The highest BCUT2D eigenvalue weighted by atomic mass is 35.5. The number of piperazine rings is 1. The molecule has 0 amide bonds. The SMILES string of the molecule is COc1cc(F)cc([C@H](c2ccc(OC(F)(F)F)cc2)N2CCNCC2)c1O.Cl.Cl. The Balaban J connectivity index is 0.00000225. The van der Waals surface area contributed by atoms with Crippen molar-refractivity contribution in [2.45, 2.75) is 12.4 Å². The van der Waals surface area contributed by atoms with E-state index in [4.69, 9.17) is 4.74 Å². The number of hydrogen-bond acceptors (Lipinski definition) is 5. The van der Waals surface area contributed by atoms with Crippen molar-refractivity contribution in [3.63, 3.8) is 0 Å². The quantitative estimate of drug-likeness (QED) is 0.636. The van der Waals surface area contributed by atoms with E-state index in [2.05, 4.69) is 10.1 Å². The van der Waals surface area contributed by atoms with E-state index in [9.17, 15) is 22.7 Å². The lowest BCUT2D eigenvalue weighted by Gasteiger charge is -2.36. The number of ether oxygens (including phenoxy) is 2. The van der Waals surface area contributed by atoms with Gasteiger partial charge in [0.1, 0.15) is 11.6 Å². The molecule has 1 saturated heterocycles. The smallest absolute Gasteiger partial charge is 0.504 e. The number of halogens is 6. The van der Waals surface area contributed by atoms with Crippen LogP contribution in [0.2, 0.25) is 0 Å². The molecular formula is C19H22Cl2F4N2O3. The molecule has 2 aromatic rings. The first-order chi connectivity index (χ1) is 13.3. The molecule has 0 saturated carbocycles. The van der Waals surface area contributed by atoms with Crippen molar-refractivity contribution < 1.29 is 32.1 Å². The van der Waals surface area contributed by atoms with E-state index in [-0.39, 0.29) is 47.6 Å². The summed E-state index contributed by atoms with van der Waals surface area (Å²) >= 11 is 0. The van der Waals surface area contributed by atoms with E-state index in [1.54, 1.807) is 0 Å². The van der Waals surface area contributed by atoms with Crippen molar-refractivity contribution in [3.8, 4) is 17.2 Å². The van der Waals surface area contributed by atoms with Crippen molar-refractivity contribution in [2.24, 2.45) is 0 Å². The van der Waals surface area contributed by atoms with Gasteiger partial charge in [0.15, 0.2) is 11.5 Å². The molecule has 1 aliphatic rings. The van der Waals surface area contributed by atoms with Crippen LogP contribution in [0.3, 0.4) is 0 Å².